The van der Waals surface area contributed by atoms with Crippen molar-refractivity contribution < 1.29 is 0 Å². The van der Waals surface area contributed by atoms with E-state index in [1.165, 1.54) is 0 Å². The number of nitrogens with zero attached hydrogens (tertiary/aromatic N) is 1. The second-order valence-electron chi connectivity index (χ2n) is 3.91. The molecule has 17 heavy (non-hydrogen) atoms. The van der Waals surface area contributed by atoms with E-state index in [1.54, 1.807) is 6.20 Å². The lowest BCUT2D eigenvalue weighted by atomic mass is 10.0. The highest BCUT2D eigenvalue weighted by molar-refractivity contribution is 6.30. The van der Waals surface area contributed by atoms with Gasteiger partial charge in [0, 0.05) is 11.2 Å². The summed E-state index contributed by atoms with van der Waals surface area (Å²) >= 11 is 5.86. The van der Waals surface area contributed by atoms with Gasteiger partial charge >= 0.3 is 0 Å². The molecule has 88 valence electrons. The van der Waals surface area contributed by atoms with Crippen molar-refractivity contribution in [3.05, 3.63) is 64.4 Å². The van der Waals surface area contributed by atoms with Crippen molar-refractivity contribution in [1.29, 1.82) is 0 Å². The average Bonchev–Trinajstić information content (AvgIpc) is 2.33. The predicted octanol–water partition coefficient (Wildman–Crippen LogP) is 2.60. The van der Waals surface area contributed by atoms with Crippen LogP contribution in [0.2, 0.25) is 5.02 Å². The van der Waals surface area contributed by atoms with Crippen LogP contribution >= 0.6 is 11.6 Å². The summed E-state index contributed by atoms with van der Waals surface area (Å²) in [7, 11) is 0. The van der Waals surface area contributed by atoms with Gasteiger partial charge in [-0.3, -0.25) is 10.8 Å². The molecule has 1 heterocycles. The molecule has 4 heteroatoms. The number of hydrazine groups is 1. The molecule has 0 saturated heterocycles. The molecule has 0 radical (unpaired) electrons. The highest BCUT2D eigenvalue weighted by Crippen LogP contribution is 2.21. The molecular weight excluding hydrogens is 234 g/mol. The lowest BCUT2D eigenvalue weighted by Gasteiger charge is -2.16. The lowest BCUT2D eigenvalue weighted by Crippen LogP contribution is -2.29. The first-order valence-electron chi connectivity index (χ1n) is 5.35. The Morgan fingerprint density at radius 1 is 1.24 bits per heavy atom. The van der Waals surface area contributed by atoms with Crippen LogP contribution in [0.1, 0.15) is 22.9 Å². The van der Waals surface area contributed by atoms with Crippen molar-refractivity contribution in [1.82, 2.24) is 10.4 Å². The van der Waals surface area contributed by atoms with E-state index in [0.717, 1.165) is 16.8 Å². The fourth-order valence-electron chi connectivity index (χ4n) is 1.73. The number of halogens is 1. The van der Waals surface area contributed by atoms with E-state index in [9.17, 15) is 0 Å². The van der Waals surface area contributed by atoms with Crippen LogP contribution in [0.4, 0.5) is 0 Å². The molecule has 0 amide bonds. The van der Waals surface area contributed by atoms with Gasteiger partial charge in [-0.2, -0.15) is 0 Å². The molecule has 0 aliphatic rings. The number of rotatable bonds is 3. The van der Waals surface area contributed by atoms with E-state index in [2.05, 4.69) is 10.4 Å². The second-order valence-corrected chi connectivity index (χ2v) is 4.35. The first-order valence-corrected chi connectivity index (χ1v) is 5.72. The standard InChI is InChI=1S/C13H14ClN3/c1-9-6-7-16-12(8-9)13(17-15)10-2-4-11(14)5-3-10/h2-8,13,17H,15H2,1H3. The third kappa shape index (κ3) is 2.82. The zero-order valence-electron chi connectivity index (χ0n) is 9.52. The van der Waals surface area contributed by atoms with E-state index < -0.39 is 0 Å². The number of hydrogen-bond acceptors (Lipinski definition) is 3. The summed E-state index contributed by atoms with van der Waals surface area (Å²) in [5.74, 6) is 5.60. The number of aromatic nitrogens is 1. The van der Waals surface area contributed by atoms with Crippen LogP contribution in [-0.2, 0) is 0 Å². The minimum absolute atomic E-state index is 0.118. The topological polar surface area (TPSA) is 50.9 Å². The number of pyridine rings is 1. The monoisotopic (exact) mass is 247 g/mol. The number of nitrogens with two attached hydrogens (primary N) is 1. The number of aryl methyl sites for hydroxylation is 1. The van der Waals surface area contributed by atoms with Crippen molar-refractivity contribution in [2.45, 2.75) is 13.0 Å². The Labute approximate surface area is 106 Å². The summed E-state index contributed by atoms with van der Waals surface area (Å²) in [4.78, 5) is 4.33. The summed E-state index contributed by atoms with van der Waals surface area (Å²) in [5, 5.41) is 0.710. The molecule has 0 aliphatic heterocycles. The summed E-state index contributed by atoms with van der Waals surface area (Å²) in [5.41, 5.74) is 5.87. The number of benzene rings is 1. The van der Waals surface area contributed by atoms with E-state index >= 15 is 0 Å². The lowest BCUT2D eigenvalue weighted by molar-refractivity contribution is 0.620. The molecule has 1 aromatic heterocycles. The maximum Gasteiger partial charge on any atom is 0.0881 e. The van der Waals surface area contributed by atoms with Crippen molar-refractivity contribution in [3.63, 3.8) is 0 Å². The van der Waals surface area contributed by atoms with Gasteiger partial charge in [-0.05, 0) is 42.3 Å². The Morgan fingerprint density at radius 2 is 1.94 bits per heavy atom. The van der Waals surface area contributed by atoms with Gasteiger partial charge in [0.15, 0.2) is 0 Å². The quantitative estimate of drug-likeness (QED) is 0.648. The van der Waals surface area contributed by atoms with Crippen LogP contribution in [0.3, 0.4) is 0 Å². The molecule has 1 unspecified atom stereocenters. The Morgan fingerprint density at radius 3 is 2.53 bits per heavy atom. The largest absolute Gasteiger partial charge is 0.271 e. The maximum atomic E-state index is 5.86. The van der Waals surface area contributed by atoms with Gasteiger partial charge in [-0.25, -0.2) is 5.43 Å². The molecule has 0 bridgehead atoms. The molecule has 2 aromatic rings. The highest BCUT2D eigenvalue weighted by atomic mass is 35.5. The molecule has 3 nitrogen and oxygen atoms in total. The Hall–Kier alpha value is -1.42. The molecular formula is C13H14ClN3. The molecule has 2 rings (SSSR count). The number of nitrogens with one attached hydrogen (secondary N) is 1. The van der Waals surface area contributed by atoms with Crippen LogP contribution in [0, 0.1) is 6.92 Å². The highest BCUT2D eigenvalue weighted by Gasteiger charge is 2.13. The molecule has 1 aromatic carbocycles. The fraction of sp³-hybridized carbons (Fsp3) is 0.154. The van der Waals surface area contributed by atoms with Gasteiger partial charge in [0.1, 0.15) is 0 Å². The molecule has 1 atom stereocenters. The smallest absolute Gasteiger partial charge is 0.0881 e. The minimum Gasteiger partial charge on any atom is -0.271 e. The van der Waals surface area contributed by atoms with Crippen LogP contribution in [0.25, 0.3) is 0 Å². The minimum atomic E-state index is -0.118. The Bertz CT molecular complexity index is 496. The van der Waals surface area contributed by atoms with Crippen LogP contribution < -0.4 is 11.3 Å². The van der Waals surface area contributed by atoms with Gasteiger partial charge in [0.2, 0.25) is 0 Å². The normalized spacial score (nSPS) is 12.4. The number of hydrogen-bond donors (Lipinski definition) is 2. The third-order valence-corrected chi connectivity index (χ3v) is 2.85. The zero-order chi connectivity index (χ0) is 12.3. The summed E-state index contributed by atoms with van der Waals surface area (Å²) in [6.45, 7) is 2.03. The van der Waals surface area contributed by atoms with Crippen LogP contribution in [-0.4, -0.2) is 4.98 Å². The van der Waals surface area contributed by atoms with Gasteiger partial charge < -0.3 is 0 Å². The average molecular weight is 248 g/mol. The van der Waals surface area contributed by atoms with Crippen LogP contribution in [0.15, 0.2) is 42.6 Å². The Kier molecular flexibility index (Phi) is 3.74. The van der Waals surface area contributed by atoms with Crippen LogP contribution in [0.5, 0.6) is 0 Å². The first kappa shape index (κ1) is 12.0. The summed E-state index contributed by atoms with van der Waals surface area (Å²) in [6.07, 6.45) is 1.78. The van der Waals surface area contributed by atoms with Gasteiger partial charge in [0.05, 0.1) is 11.7 Å². The van der Waals surface area contributed by atoms with E-state index in [0.29, 0.717) is 5.02 Å². The molecule has 0 fully saturated rings. The molecule has 0 aliphatic carbocycles. The Balaban J connectivity index is 2.36. The van der Waals surface area contributed by atoms with E-state index in [4.69, 9.17) is 17.4 Å². The van der Waals surface area contributed by atoms with Crippen molar-refractivity contribution in [2.24, 2.45) is 5.84 Å². The van der Waals surface area contributed by atoms with Gasteiger partial charge in [-0.1, -0.05) is 23.7 Å². The van der Waals surface area contributed by atoms with Gasteiger partial charge in [-0.15, -0.1) is 0 Å². The summed E-state index contributed by atoms with van der Waals surface area (Å²) < 4.78 is 0. The summed E-state index contributed by atoms with van der Waals surface area (Å²) in [6, 6.07) is 11.4. The van der Waals surface area contributed by atoms with Crippen molar-refractivity contribution in [2.75, 3.05) is 0 Å². The van der Waals surface area contributed by atoms with Crippen molar-refractivity contribution >= 4 is 11.6 Å². The second kappa shape index (κ2) is 5.27. The van der Waals surface area contributed by atoms with E-state index in [1.807, 2.05) is 43.3 Å². The third-order valence-electron chi connectivity index (χ3n) is 2.60. The fourth-order valence-corrected chi connectivity index (χ4v) is 1.85. The molecule has 0 saturated carbocycles. The van der Waals surface area contributed by atoms with Gasteiger partial charge in [0.25, 0.3) is 0 Å². The predicted molar refractivity (Wildman–Crippen MR) is 69.6 cm³/mol. The molecule has 3 N–H and O–H groups in total. The van der Waals surface area contributed by atoms with E-state index in [-0.39, 0.29) is 6.04 Å². The zero-order valence-corrected chi connectivity index (χ0v) is 10.3. The maximum absolute atomic E-state index is 5.86. The first-order chi connectivity index (χ1) is 8.20. The van der Waals surface area contributed by atoms with Crippen molar-refractivity contribution in [3.8, 4) is 0 Å². The SMILES string of the molecule is Cc1ccnc(C(NN)c2ccc(Cl)cc2)c1. The molecule has 0 spiro atoms.